The lowest BCUT2D eigenvalue weighted by atomic mass is 10.1. The van der Waals surface area contributed by atoms with E-state index in [1.165, 1.54) is 12.0 Å². The first-order chi connectivity index (χ1) is 9.95. The fraction of sp³-hybridized carbons (Fsp3) is 0.438. The van der Waals surface area contributed by atoms with E-state index >= 15 is 0 Å². The molecule has 5 heteroatoms. The van der Waals surface area contributed by atoms with E-state index in [4.69, 9.17) is 9.47 Å². The van der Waals surface area contributed by atoms with Crippen LogP contribution in [0.4, 0.5) is 4.79 Å². The normalized spacial score (nSPS) is 21.5. The van der Waals surface area contributed by atoms with Crippen LogP contribution in [0.3, 0.4) is 0 Å². The highest BCUT2D eigenvalue weighted by Gasteiger charge is 2.47. The number of methoxy groups -OCH3 is 1. The molecule has 1 heterocycles. The van der Waals surface area contributed by atoms with Gasteiger partial charge in [-0.25, -0.2) is 4.79 Å². The summed E-state index contributed by atoms with van der Waals surface area (Å²) >= 11 is 0. The predicted molar refractivity (Wildman–Crippen MR) is 77.8 cm³/mol. The lowest BCUT2D eigenvalue weighted by Gasteiger charge is -2.32. The molecule has 5 nitrogen and oxygen atoms in total. The van der Waals surface area contributed by atoms with Crippen LogP contribution in [0.25, 0.3) is 0 Å². The summed E-state index contributed by atoms with van der Waals surface area (Å²) in [7, 11) is 1.52. The number of hydrogen-bond acceptors (Lipinski definition) is 3. The van der Waals surface area contributed by atoms with Gasteiger partial charge in [-0.05, 0) is 26.0 Å². The van der Waals surface area contributed by atoms with E-state index in [9.17, 15) is 9.90 Å². The first kappa shape index (κ1) is 15.4. The molecule has 2 rings (SSSR count). The number of benzene rings is 1. The molecule has 0 saturated carbocycles. The van der Waals surface area contributed by atoms with Gasteiger partial charge in [0.25, 0.3) is 0 Å². The minimum Gasteiger partial charge on any atom is -0.465 e. The van der Waals surface area contributed by atoms with Crippen LogP contribution < -0.4 is 0 Å². The van der Waals surface area contributed by atoms with Crippen LogP contribution in [-0.2, 0) is 9.47 Å². The maximum Gasteiger partial charge on any atom is 0.410 e. The lowest BCUT2D eigenvalue weighted by Crippen LogP contribution is -2.51. The summed E-state index contributed by atoms with van der Waals surface area (Å²) in [6.45, 7) is 3.71. The number of hydrogen-bond donors (Lipinski definition) is 1. The molecular weight excluding hydrogens is 270 g/mol. The fourth-order valence-electron chi connectivity index (χ4n) is 2.42. The van der Waals surface area contributed by atoms with Crippen LogP contribution >= 0.6 is 0 Å². The van der Waals surface area contributed by atoms with Crippen molar-refractivity contribution in [1.82, 2.24) is 4.90 Å². The van der Waals surface area contributed by atoms with Crippen LogP contribution in [-0.4, -0.2) is 47.7 Å². The van der Waals surface area contributed by atoms with Crippen LogP contribution in [0.1, 0.15) is 19.4 Å². The van der Waals surface area contributed by atoms with Gasteiger partial charge in [-0.15, -0.1) is 0 Å². The van der Waals surface area contributed by atoms with E-state index in [0.29, 0.717) is 0 Å². The molecule has 1 aromatic carbocycles. The predicted octanol–water partition coefficient (Wildman–Crippen LogP) is 2.17. The van der Waals surface area contributed by atoms with E-state index in [0.717, 1.165) is 5.56 Å². The van der Waals surface area contributed by atoms with Crippen molar-refractivity contribution in [3.8, 4) is 11.8 Å². The molecule has 1 fully saturated rings. The van der Waals surface area contributed by atoms with Crippen molar-refractivity contribution >= 4 is 6.09 Å². The third-order valence-electron chi connectivity index (χ3n) is 3.46. The Hall–Kier alpha value is -2.03. The Labute approximate surface area is 124 Å². The van der Waals surface area contributed by atoms with Crippen LogP contribution in [0.15, 0.2) is 30.3 Å². The molecule has 0 aliphatic carbocycles. The Bertz CT molecular complexity index is 559. The highest BCUT2D eigenvalue weighted by molar-refractivity contribution is 5.67. The summed E-state index contributed by atoms with van der Waals surface area (Å²) in [6.07, 6.45) is -1.57. The molecule has 1 aliphatic heterocycles. The highest BCUT2D eigenvalue weighted by atomic mass is 16.5. The minimum atomic E-state index is -1.04. The smallest absolute Gasteiger partial charge is 0.410 e. The van der Waals surface area contributed by atoms with Crippen molar-refractivity contribution < 1.29 is 19.4 Å². The average Bonchev–Trinajstić information content (AvgIpc) is 2.76. The van der Waals surface area contributed by atoms with Crippen molar-refractivity contribution in [3.05, 3.63) is 35.9 Å². The van der Waals surface area contributed by atoms with Gasteiger partial charge in [0.2, 0.25) is 0 Å². The third kappa shape index (κ3) is 3.35. The molecule has 112 valence electrons. The van der Waals surface area contributed by atoms with E-state index < -0.39 is 24.0 Å². The van der Waals surface area contributed by atoms with Gasteiger partial charge >= 0.3 is 6.09 Å². The Morgan fingerprint density at radius 3 is 2.71 bits per heavy atom. The molecule has 2 atom stereocenters. The Morgan fingerprint density at radius 1 is 1.48 bits per heavy atom. The summed E-state index contributed by atoms with van der Waals surface area (Å²) in [5, 5.41) is 9.39. The van der Waals surface area contributed by atoms with E-state index in [1.54, 1.807) is 13.8 Å². The van der Waals surface area contributed by atoms with Crippen LogP contribution in [0.2, 0.25) is 0 Å². The number of ether oxygens (including phenoxy) is 2. The van der Waals surface area contributed by atoms with Gasteiger partial charge in [-0.2, -0.15) is 0 Å². The second kappa shape index (κ2) is 6.17. The van der Waals surface area contributed by atoms with Gasteiger partial charge < -0.3 is 14.6 Å². The molecular formula is C16H19NO4. The lowest BCUT2D eigenvalue weighted by molar-refractivity contribution is -0.0458. The number of amides is 1. The largest absolute Gasteiger partial charge is 0.465 e. The molecule has 1 N–H and O–H groups in total. The van der Waals surface area contributed by atoms with Crippen molar-refractivity contribution in [2.75, 3.05) is 13.7 Å². The molecule has 1 aromatic rings. The Balaban J connectivity index is 2.22. The zero-order valence-electron chi connectivity index (χ0n) is 12.4. The third-order valence-corrected chi connectivity index (χ3v) is 3.46. The van der Waals surface area contributed by atoms with E-state index in [1.807, 2.05) is 30.3 Å². The minimum absolute atomic E-state index is 0.265. The average molecular weight is 289 g/mol. The molecule has 0 aromatic heterocycles. The molecule has 21 heavy (non-hydrogen) atoms. The maximum atomic E-state index is 11.5. The van der Waals surface area contributed by atoms with Crippen molar-refractivity contribution in [2.45, 2.75) is 31.7 Å². The molecule has 1 aliphatic rings. The van der Waals surface area contributed by atoms with Crippen molar-refractivity contribution in [3.63, 3.8) is 0 Å². The molecule has 1 amide bonds. The van der Waals surface area contributed by atoms with Gasteiger partial charge in [0, 0.05) is 12.7 Å². The molecule has 1 unspecified atom stereocenters. The second-order valence-corrected chi connectivity index (χ2v) is 5.27. The first-order valence-electron chi connectivity index (χ1n) is 6.71. The quantitative estimate of drug-likeness (QED) is 0.848. The number of rotatable bonds is 2. The summed E-state index contributed by atoms with van der Waals surface area (Å²) in [6, 6.07) is 9.05. The zero-order valence-corrected chi connectivity index (χ0v) is 12.4. The first-order valence-corrected chi connectivity index (χ1v) is 6.71. The Kier molecular flexibility index (Phi) is 4.51. The summed E-state index contributed by atoms with van der Waals surface area (Å²) in [5.74, 6) is 6.00. The van der Waals surface area contributed by atoms with Crippen molar-refractivity contribution in [2.24, 2.45) is 0 Å². The van der Waals surface area contributed by atoms with Gasteiger partial charge in [-0.1, -0.05) is 30.0 Å². The van der Waals surface area contributed by atoms with Gasteiger partial charge in [0.15, 0.2) is 0 Å². The van der Waals surface area contributed by atoms with Crippen LogP contribution in [0.5, 0.6) is 0 Å². The van der Waals surface area contributed by atoms with E-state index in [-0.39, 0.29) is 6.61 Å². The standard InChI is InChI=1S/C16H19NO4/c1-16(2)17(15(18)19)13(11-21-16)14(20-3)10-9-12-7-5-4-6-8-12/h4-8,13-14H,11H2,1-3H3,(H,18,19)/t13?,14-/m1/s1. The highest BCUT2D eigenvalue weighted by Crippen LogP contribution is 2.29. The summed E-state index contributed by atoms with van der Waals surface area (Å²) < 4.78 is 10.9. The topological polar surface area (TPSA) is 59.0 Å². The summed E-state index contributed by atoms with van der Waals surface area (Å²) in [4.78, 5) is 12.7. The van der Waals surface area contributed by atoms with Gasteiger partial charge in [-0.3, -0.25) is 4.90 Å². The van der Waals surface area contributed by atoms with E-state index in [2.05, 4.69) is 11.8 Å². The zero-order chi connectivity index (χ0) is 15.5. The Morgan fingerprint density at radius 2 is 2.14 bits per heavy atom. The fourth-order valence-corrected chi connectivity index (χ4v) is 2.42. The van der Waals surface area contributed by atoms with Gasteiger partial charge in [0.1, 0.15) is 11.8 Å². The summed E-state index contributed by atoms with van der Waals surface area (Å²) in [5.41, 5.74) is -0.0126. The SMILES string of the molecule is CO[C@H](C#Cc1ccccc1)C1COC(C)(C)N1C(=O)O. The number of nitrogens with zero attached hydrogens (tertiary/aromatic N) is 1. The second-order valence-electron chi connectivity index (χ2n) is 5.27. The molecule has 0 spiro atoms. The maximum absolute atomic E-state index is 11.5. The monoisotopic (exact) mass is 289 g/mol. The molecule has 1 saturated heterocycles. The van der Waals surface area contributed by atoms with Crippen LogP contribution in [0, 0.1) is 11.8 Å². The van der Waals surface area contributed by atoms with Gasteiger partial charge in [0.05, 0.1) is 12.6 Å². The molecule has 0 bridgehead atoms. The number of carbonyl (C=O) groups is 1. The molecule has 0 radical (unpaired) electrons. The van der Waals surface area contributed by atoms with Crippen molar-refractivity contribution in [1.29, 1.82) is 0 Å². The number of carboxylic acid groups (broad SMARTS) is 1.